The highest BCUT2D eigenvalue weighted by molar-refractivity contribution is 5.88. The van der Waals surface area contributed by atoms with Crippen LogP contribution in [0.15, 0.2) is 54.6 Å². The average molecular weight is 500 g/mol. The standard InChI is InChI=1S/C30H37N5O2/c1-20-31-27-10-6-7-11-28(27)35(20)25-18-23-12-13-24(19-25)34(23)16-14-26(22-8-4-3-5-9-22)32-30(37)29-15-17-33(29)21(2)36/h3-11,23-26,29H,12-19H2,1-2H3,(H,32,37)/t23-,24+,25?,26-,29-/m0/s1. The van der Waals surface area contributed by atoms with E-state index in [0.717, 1.165) is 49.1 Å². The predicted molar refractivity (Wildman–Crippen MR) is 144 cm³/mol. The van der Waals surface area contributed by atoms with Gasteiger partial charge in [0, 0.05) is 38.1 Å². The molecule has 6 rings (SSSR count). The van der Waals surface area contributed by atoms with E-state index in [-0.39, 0.29) is 23.9 Å². The zero-order valence-corrected chi connectivity index (χ0v) is 21.8. The largest absolute Gasteiger partial charge is 0.347 e. The molecule has 0 spiro atoms. The maximum absolute atomic E-state index is 13.1. The molecule has 7 heteroatoms. The Morgan fingerprint density at radius 2 is 1.68 bits per heavy atom. The van der Waals surface area contributed by atoms with Gasteiger partial charge < -0.3 is 14.8 Å². The van der Waals surface area contributed by atoms with Gasteiger partial charge in [0.2, 0.25) is 11.8 Å². The number of nitrogens with zero attached hydrogens (tertiary/aromatic N) is 4. The first-order valence-electron chi connectivity index (χ1n) is 13.8. The zero-order valence-electron chi connectivity index (χ0n) is 21.8. The molecule has 194 valence electrons. The summed E-state index contributed by atoms with van der Waals surface area (Å²) in [5.41, 5.74) is 3.47. The third kappa shape index (κ3) is 4.54. The monoisotopic (exact) mass is 499 g/mol. The number of hydrogen-bond acceptors (Lipinski definition) is 4. The maximum Gasteiger partial charge on any atom is 0.243 e. The molecular formula is C30H37N5O2. The number of piperidine rings is 1. The molecule has 7 nitrogen and oxygen atoms in total. The molecule has 0 saturated carbocycles. The maximum atomic E-state index is 13.1. The Morgan fingerprint density at radius 3 is 2.35 bits per heavy atom. The number of fused-ring (bicyclic) bond motifs is 3. The molecular weight excluding hydrogens is 462 g/mol. The number of rotatable bonds is 7. The van der Waals surface area contributed by atoms with Gasteiger partial charge in [-0.1, -0.05) is 42.5 Å². The quantitative estimate of drug-likeness (QED) is 0.524. The fourth-order valence-electron chi connectivity index (χ4n) is 7.04. The van der Waals surface area contributed by atoms with Crippen LogP contribution >= 0.6 is 0 Å². The summed E-state index contributed by atoms with van der Waals surface area (Å²) in [6.45, 7) is 5.32. The van der Waals surface area contributed by atoms with Crippen LogP contribution in [0.2, 0.25) is 0 Å². The van der Waals surface area contributed by atoms with E-state index in [4.69, 9.17) is 4.98 Å². The van der Waals surface area contributed by atoms with Gasteiger partial charge in [0.25, 0.3) is 0 Å². The summed E-state index contributed by atoms with van der Waals surface area (Å²) >= 11 is 0. The van der Waals surface area contributed by atoms with E-state index < -0.39 is 0 Å². The Kier molecular flexibility index (Phi) is 6.49. The van der Waals surface area contributed by atoms with Crippen LogP contribution < -0.4 is 5.32 Å². The lowest BCUT2D eigenvalue weighted by Gasteiger charge is -2.41. The minimum Gasteiger partial charge on any atom is -0.347 e. The Hall–Kier alpha value is -3.19. The average Bonchev–Trinajstić information content (AvgIpc) is 3.31. The molecule has 3 aliphatic rings. The first-order valence-corrected chi connectivity index (χ1v) is 13.8. The molecule has 3 saturated heterocycles. The lowest BCUT2D eigenvalue weighted by atomic mass is 9.95. The van der Waals surface area contributed by atoms with E-state index in [1.807, 2.05) is 18.2 Å². The van der Waals surface area contributed by atoms with E-state index in [1.165, 1.54) is 18.4 Å². The number of carbonyl (C=O) groups excluding carboxylic acids is 2. The first kappa shape index (κ1) is 24.2. The van der Waals surface area contributed by atoms with Crippen molar-refractivity contribution in [1.29, 1.82) is 0 Å². The third-order valence-corrected chi connectivity index (χ3v) is 8.92. The summed E-state index contributed by atoms with van der Waals surface area (Å²) in [5.74, 6) is 1.06. The van der Waals surface area contributed by atoms with Crippen LogP contribution in [0.25, 0.3) is 11.0 Å². The van der Waals surface area contributed by atoms with Crippen molar-refractivity contribution in [3.63, 3.8) is 0 Å². The number of likely N-dealkylation sites (tertiary alicyclic amines) is 1. The lowest BCUT2D eigenvalue weighted by molar-refractivity contribution is -0.146. The predicted octanol–water partition coefficient (Wildman–Crippen LogP) is 4.38. The normalized spacial score (nSPS) is 26.2. The van der Waals surface area contributed by atoms with E-state index in [1.54, 1.807) is 11.8 Å². The Labute approximate surface area is 218 Å². The number of nitrogens with one attached hydrogen (secondary N) is 1. The molecule has 1 N–H and O–H groups in total. The molecule has 1 unspecified atom stereocenters. The van der Waals surface area contributed by atoms with Crippen LogP contribution in [0.5, 0.6) is 0 Å². The van der Waals surface area contributed by atoms with Crippen LogP contribution in [0.4, 0.5) is 0 Å². The fourth-order valence-corrected chi connectivity index (χ4v) is 7.04. The van der Waals surface area contributed by atoms with Crippen molar-refractivity contribution in [1.82, 2.24) is 24.7 Å². The van der Waals surface area contributed by atoms with Crippen molar-refractivity contribution in [2.45, 2.75) is 82.6 Å². The van der Waals surface area contributed by atoms with Gasteiger partial charge in [-0.3, -0.25) is 14.5 Å². The van der Waals surface area contributed by atoms with Gasteiger partial charge in [0.05, 0.1) is 17.1 Å². The number of hydrogen-bond donors (Lipinski definition) is 1. The van der Waals surface area contributed by atoms with E-state index in [9.17, 15) is 9.59 Å². The Bertz CT molecular complexity index is 1270. The van der Waals surface area contributed by atoms with Crippen molar-refractivity contribution in [3.05, 3.63) is 66.0 Å². The second-order valence-corrected chi connectivity index (χ2v) is 11.0. The number of carbonyl (C=O) groups is 2. The molecule has 0 aliphatic carbocycles. The van der Waals surface area contributed by atoms with Crippen molar-refractivity contribution in [2.75, 3.05) is 13.1 Å². The number of amides is 2. The number of aromatic nitrogens is 2. The van der Waals surface area contributed by atoms with Crippen LogP contribution in [0.3, 0.4) is 0 Å². The molecule has 2 aromatic carbocycles. The molecule has 3 aromatic rings. The Balaban J connectivity index is 1.14. The van der Waals surface area contributed by atoms with Crippen LogP contribution in [0.1, 0.15) is 68.9 Å². The summed E-state index contributed by atoms with van der Waals surface area (Å²) in [6.07, 6.45) is 6.39. The molecule has 3 fully saturated rings. The highest BCUT2D eigenvalue weighted by Gasteiger charge is 2.42. The van der Waals surface area contributed by atoms with Crippen molar-refractivity contribution < 1.29 is 9.59 Å². The summed E-state index contributed by atoms with van der Waals surface area (Å²) < 4.78 is 2.48. The van der Waals surface area contributed by atoms with Crippen molar-refractivity contribution in [2.24, 2.45) is 0 Å². The highest BCUT2D eigenvalue weighted by Crippen LogP contribution is 2.42. The van der Waals surface area contributed by atoms with Gasteiger partial charge in [-0.2, -0.15) is 0 Å². The van der Waals surface area contributed by atoms with Gasteiger partial charge >= 0.3 is 0 Å². The summed E-state index contributed by atoms with van der Waals surface area (Å²) in [5, 5.41) is 3.30. The van der Waals surface area contributed by atoms with Crippen LogP contribution in [-0.4, -0.2) is 62.4 Å². The van der Waals surface area contributed by atoms with Crippen LogP contribution in [-0.2, 0) is 9.59 Å². The number of benzene rings is 2. The second-order valence-electron chi connectivity index (χ2n) is 11.0. The van der Waals surface area contributed by atoms with E-state index in [0.29, 0.717) is 24.7 Å². The number of para-hydroxylation sites is 2. The Morgan fingerprint density at radius 1 is 0.973 bits per heavy atom. The highest BCUT2D eigenvalue weighted by atomic mass is 16.2. The summed E-state index contributed by atoms with van der Waals surface area (Å²) in [7, 11) is 0. The fraction of sp³-hybridized carbons (Fsp3) is 0.500. The third-order valence-electron chi connectivity index (χ3n) is 8.92. The lowest BCUT2D eigenvalue weighted by Crippen LogP contribution is -2.58. The van der Waals surface area contributed by atoms with Crippen molar-refractivity contribution in [3.8, 4) is 0 Å². The minimum absolute atomic E-state index is 0.0250. The second kappa shape index (κ2) is 9.93. The molecule has 2 amide bonds. The molecule has 2 bridgehead atoms. The van der Waals surface area contributed by atoms with Gasteiger partial charge in [0.15, 0.2) is 0 Å². The molecule has 5 atom stereocenters. The van der Waals surface area contributed by atoms with Crippen molar-refractivity contribution >= 4 is 22.8 Å². The summed E-state index contributed by atoms with van der Waals surface area (Å²) in [4.78, 5) is 34.2. The number of imidazole rings is 1. The smallest absolute Gasteiger partial charge is 0.243 e. The molecule has 3 aliphatic heterocycles. The molecule has 0 radical (unpaired) electrons. The SMILES string of the molecule is CC(=O)N1CC[C@H]1C(=O)N[C@@H](CCN1[C@@H]2CC[C@H]1CC(n1c(C)nc3ccccc31)C2)c1ccccc1. The van der Waals surface area contributed by atoms with E-state index in [2.05, 4.69) is 58.1 Å². The van der Waals surface area contributed by atoms with Gasteiger partial charge in [-0.25, -0.2) is 4.98 Å². The van der Waals surface area contributed by atoms with Gasteiger partial charge in [0.1, 0.15) is 11.9 Å². The summed E-state index contributed by atoms with van der Waals surface area (Å²) in [6, 6.07) is 20.0. The number of aryl methyl sites for hydroxylation is 1. The molecule has 1 aromatic heterocycles. The topological polar surface area (TPSA) is 70.5 Å². The molecule has 4 heterocycles. The zero-order chi connectivity index (χ0) is 25.5. The molecule has 37 heavy (non-hydrogen) atoms. The van der Waals surface area contributed by atoms with E-state index >= 15 is 0 Å². The van der Waals surface area contributed by atoms with Crippen LogP contribution in [0, 0.1) is 6.92 Å². The van der Waals surface area contributed by atoms with Gasteiger partial charge in [-0.15, -0.1) is 0 Å². The minimum atomic E-state index is -0.330. The first-order chi connectivity index (χ1) is 18.0. The van der Waals surface area contributed by atoms with Gasteiger partial charge in [-0.05, 0) is 63.1 Å².